The summed E-state index contributed by atoms with van der Waals surface area (Å²) in [5.74, 6) is -0.303. The first-order chi connectivity index (χ1) is 7.59. The summed E-state index contributed by atoms with van der Waals surface area (Å²) in [7, 11) is 4.09. The van der Waals surface area contributed by atoms with Crippen molar-refractivity contribution in [1.82, 2.24) is 9.80 Å². The second kappa shape index (κ2) is 4.72. The van der Waals surface area contributed by atoms with Gasteiger partial charge in [-0.2, -0.15) is 0 Å². The third-order valence-electron chi connectivity index (χ3n) is 4.02. The van der Waals surface area contributed by atoms with Crippen molar-refractivity contribution >= 4 is 5.97 Å². The lowest BCUT2D eigenvalue weighted by atomic mass is 9.88. The van der Waals surface area contributed by atoms with Crippen LogP contribution in [0.3, 0.4) is 0 Å². The molecule has 92 valence electrons. The first kappa shape index (κ1) is 11.9. The van der Waals surface area contributed by atoms with Gasteiger partial charge in [-0.1, -0.05) is 0 Å². The molecule has 1 aliphatic carbocycles. The van der Waals surface area contributed by atoms with Crippen LogP contribution in [0.25, 0.3) is 0 Å². The maximum atomic E-state index is 11.4. The fraction of sp³-hybridized carbons (Fsp3) is 0.917. The number of rotatable bonds is 4. The van der Waals surface area contributed by atoms with Crippen LogP contribution in [-0.2, 0) is 4.79 Å². The molecule has 2 fully saturated rings. The van der Waals surface area contributed by atoms with Crippen molar-refractivity contribution in [2.24, 2.45) is 5.92 Å². The number of carboxylic acid groups (broad SMARTS) is 1. The molecule has 1 N–H and O–H groups in total. The molecule has 2 aliphatic rings. The number of carbonyl (C=O) groups is 1. The highest BCUT2D eigenvalue weighted by Crippen LogP contribution is 2.32. The van der Waals surface area contributed by atoms with Gasteiger partial charge in [0.15, 0.2) is 0 Å². The van der Waals surface area contributed by atoms with Gasteiger partial charge in [0.05, 0.1) is 0 Å². The molecule has 4 heteroatoms. The highest BCUT2D eigenvalue weighted by molar-refractivity contribution is 5.74. The van der Waals surface area contributed by atoms with E-state index < -0.39 is 5.97 Å². The number of carboxylic acids is 1. The largest absolute Gasteiger partial charge is 0.480 e. The van der Waals surface area contributed by atoms with E-state index in [-0.39, 0.29) is 6.04 Å². The van der Waals surface area contributed by atoms with Gasteiger partial charge < -0.3 is 10.0 Å². The van der Waals surface area contributed by atoms with Gasteiger partial charge in [0, 0.05) is 6.04 Å². The van der Waals surface area contributed by atoms with Crippen LogP contribution in [0.4, 0.5) is 0 Å². The third-order valence-corrected chi connectivity index (χ3v) is 4.02. The van der Waals surface area contributed by atoms with Crippen molar-refractivity contribution in [2.75, 3.05) is 27.2 Å². The zero-order valence-corrected chi connectivity index (χ0v) is 10.2. The lowest BCUT2D eigenvalue weighted by Crippen LogP contribution is -2.48. The van der Waals surface area contributed by atoms with Crippen molar-refractivity contribution in [3.63, 3.8) is 0 Å². The van der Waals surface area contributed by atoms with Crippen LogP contribution in [0, 0.1) is 5.92 Å². The Balaban J connectivity index is 1.98. The minimum atomic E-state index is -0.635. The number of aliphatic carboxylic acids is 1. The number of likely N-dealkylation sites (tertiary alicyclic amines) is 1. The minimum absolute atomic E-state index is 0.263. The van der Waals surface area contributed by atoms with Crippen molar-refractivity contribution in [3.05, 3.63) is 0 Å². The monoisotopic (exact) mass is 226 g/mol. The molecule has 0 radical (unpaired) electrons. The van der Waals surface area contributed by atoms with Gasteiger partial charge in [-0.15, -0.1) is 0 Å². The van der Waals surface area contributed by atoms with Gasteiger partial charge in [0.2, 0.25) is 0 Å². The van der Waals surface area contributed by atoms with E-state index >= 15 is 0 Å². The molecule has 1 saturated carbocycles. The highest BCUT2D eigenvalue weighted by Gasteiger charge is 2.39. The number of hydrogen-bond acceptors (Lipinski definition) is 3. The van der Waals surface area contributed by atoms with E-state index in [1.54, 1.807) is 0 Å². The number of piperidine rings is 1. The van der Waals surface area contributed by atoms with Crippen LogP contribution in [0.1, 0.15) is 25.7 Å². The fourth-order valence-electron chi connectivity index (χ4n) is 2.76. The smallest absolute Gasteiger partial charge is 0.321 e. The Morgan fingerprint density at radius 3 is 2.31 bits per heavy atom. The number of hydrogen-bond donors (Lipinski definition) is 1. The molecule has 1 aliphatic heterocycles. The summed E-state index contributed by atoms with van der Waals surface area (Å²) in [5, 5.41) is 9.38. The van der Waals surface area contributed by atoms with E-state index in [2.05, 4.69) is 16.8 Å². The molecule has 1 heterocycles. The maximum absolute atomic E-state index is 11.4. The minimum Gasteiger partial charge on any atom is -0.480 e. The molecule has 0 aromatic rings. The second-order valence-electron chi connectivity index (χ2n) is 5.32. The van der Waals surface area contributed by atoms with E-state index in [0.717, 1.165) is 25.9 Å². The normalized spacial score (nSPS) is 25.9. The van der Waals surface area contributed by atoms with Crippen molar-refractivity contribution in [1.29, 1.82) is 0 Å². The Kier molecular flexibility index (Phi) is 3.50. The fourth-order valence-corrected chi connectivity index (χ4v) is 2.76. The molecule has 0 amide bonds. The molecule has 0 aromatic carbocycles. The Bertz CT molecular complexity index is 258. The predicted molar refractivity (Wildman–Crippen MR) is 62.4 cm³/mol. The topological polar surface area (TPSA) is 43.8 Å². The number of likely N-dealkylation sites (N-methyl/N-ethyl adjacent to an activating group) is 1. The van der Waals surface area contributed by atoms with Crippen LogP contribution in [0.15, 0.2) is 0 Å². The number of nitrogens with zero attached hydrogens (tertiary/aromatic N) is 2. The highest BCUT2D eigenvalue weighted by atomic mass is 16.4. The molecule has 16 heavy (non-hydrogen) atoms. The van der Waals surface area contributed by atoms with Gasteiger partial charge in [-0.3, -0.25) is 9.69 Å². The Morgan fingerprint density at radius 2 is 1.88 bits per heavy atom. The van der Waals surface area contributed by atoms with E-state index in [4.69, 9.17) is 0 Å². The molecule has 0 bridgehead atoms. The lowest BCUT2D eigenvalue weighted by Gasteiger charge is -2.36. The van der Waals surface area contributed by atoms with E-state index in [0.29, 0.717) is 12.0 Å². The van der Waals surface area contributed by atoms with E-state index in [1.807, 2.05) is 7.05 Å². The summed E-state index contributed by atoms with van der Waals surface area (Å²) in [6.07, 6.45) is 4.38. The van der Waals surface area contributed by atoms with Gasteiger partial charge >= 0.3 is 5.97 Å². The zero-order chi connectivity index (χ0) is 11.7. The summed E-state index contributed by atoms with van der Waals surface area (Å²) in [5.41, 5.74) is 0. The zero-order valence-electron chi connectivity index (χ0n) is 10.2. The quantitative estimate of drug-likeness (QED) is 0.772. The first-order valence-corrected chi connectivity index (χ1v) is 6.23. The standard InChI is InChI=1S/C12H22N2O2/c1-13-7-5-9(6-8-13)11(12(15)16)14(2)10-3-4-10/h9-11H,3-8H2,1-2H3,(H,15,16). The maximum Gasteiger partial charge on any atom is 0.321 e. The molecule has 1 atom stereocenters. The van der Waals surface area contributed by atoms with Crippen molar-refractivity contribution < 1.29 is 9.90 Å². The van der Waals surface area contributed by atoms with Gasteiger partial charge in [-0.05, 0) is 58.8 Å². The predicted octanol–water partition coefficient (Wildman–Crippen LogP) is 0.876. The van der Waals surface area contributed by atoms with Crippen LogP contribution in [0.5, 0.6) is 0 Å². The summed E-state index contributed by atoms with van der Waals surface area (Å²) in [4.78, 5) is 15.8. The van der Waals surface area contributed by atoms with Crippen LogP contribution < -0.4 is 0 Å². The molecule has 4 nitrogen and oxygen atoms in total. The molecular weight excluding hydrogens is 204 g/mol. The lowest BCUT2D eigenvalue weighted by molar-refractivity contribution is -0.146. The average molecular weight is 226 g/mol. The van der Waals surface area contributed by atoms with E-state index in [1.165, 1.54) is 12.8 Å². The average Bonchev–Trinajstić information content (AvgIpc) is 3.04. The molecular formula is C12H22N2O2. The molecule has 1 saturated heterocycles. The summed E-state index contributed by atoms with van der Waals surface area (Å²) in [6, 6.07) is 0.266. The molecule has 0 spiro atoms. The SMILES string of the molecule is CN1CCC(C(C(=O)O)N(C)C2CC2)CC1. The van der Waals surface area contributed by atoms with E-state index in [9.17, 15) is 9.90 Å². The third kappa shape index (κ3) is 2.55. The van der Waals surface area contributed by atoms with Crippen LogP contribution >= 0.6 is 0 Å². The molecule has 2 rings (SSSR count). The van der Waals surface area contributed by atoms with Crippen molar-refractivity contribution in [2.45, 2.75) is 37.8 Å². The Hall–Kier alpha value is -0.610. The molecule has 0 aromatic heterocycles. The van der Waals surface area contributed by atoms with Gasteiger partial charge in [-0.25, -0.2) is 0 Å². The first-order valence-electron chi connectivity index (χ1n) is 6.23. The Labute approximate surface area is 97.2 Å². The second-order valence-corrected chi connectivity index (χ2v) is 5.32. The summed E-state index contributed by atoms with van der Waals surface area (Å²) in [6.45, 7) is 2.07. The molecule has 1 unspecified atom stereocenters. The van der Waals surface area contributed by atoms with Gasteiger partial charge in [0.1, 0.15) is 6.04 Å². The van der Waals surface area contributed by atoms with Gasteiger partial charge in [0.25, 0.3) is 0 Å². The Morgan fingerprint density at radius 1 is 1.31 bits per heavy atom. The van der Waals surface area contributed by atoms with Crippen LogP contribution in [-0.4, -0.2) is 60.1 Å². The summed E-state index contributed by atoms with van der Waals surface area (Å²) < 4.78 is 0. The summed E-state index contributed by atoms with van der Waals surface area (Å²) >= 11 is 0. The van der Waals surface area contributed by atoms with Crippen LogP contribution in [0.2, 0.25) is 0 Å². The van der Waals surface area contributed by atoms with Crippen molar-refractivity contribution in [3.8, 4) is 0 Å².